The van der Waals surface area contributed by atoms with Crippen LogP contribution >= 0.6 is 0 Å². The van der Waals surface area contributed by atoms with Gasteiger partial charge in [-0.2, -0.15) is 0 Å². The molecule has 0 atom stereocenters. The van der Waals surface area contributed by atoms with Crippen molar-refractivity contribution in [1.82, 2.24) is 4.90 Å². The molecule has 0 unspecified atom stereocenters. The van der Waals surface area contributed by atoms with Gasteiger partial charge in [0.25, 0.3) is 0 Å². The molecule has 1 aliphatic rings. The Bertz CT molecular complexity index is 144. The van der Waals surface area contributed by atoms with Crippen LogP contribution in [0.2, 0.25) is 0 Å². The summed E-state index contributed by atoms with van der Waals surface area (Å²) < 4.78 is 0. The molecule has 0 saturated heterocycles. The van der Waals surface area contributed by atoms with Crippen molar-refractivity contribution in [3.05, 3.63) is 0 Å². The van der Waals surface area contributed by atoms with Crippen LogP contribution in [0, 0.1) is 0 Å². The maximum atomic E-state index is 10.1. The van der Waals surface area contributed by atoms with Crippen LogP contribution < -0.4 is 0 Å². The zero-order chi connectivity index (χ0) is 6.69. The predicted octanol–water partition coefficient (Wildman–Crippen LogP) is -1.15. The molecule has 4 heteroatoms. The first kappa shape index (κ1) is 6.22. The number of aliphatic hydroxyl groups excluding tert-OH is 1. The number of amidine groups is 1. The van der Waals surface area contributed by atoms with E-state index < -0.39 is 0 Å². The molecule has 0 fully saturated rings. The number of aliphatic imine (C=N–C) groups is 1. The number of rotatable bonds is 2. The molecule has 1 heterocycles. The third-order valence-corrected chi connectivity index (χ3v) is 1.24. The smallest absolute Gasteiger partial charge is 0.184 e. The van der Waals surface area contributed by atoms with Gasteiger partial charge in [-0.15, -0.1) is 0 Å². The lowest BCUT2D eigenvalue weighted by atomic mass is 10.6. The van der Waals surface area contributed by atoms with Crippen LogP contribution in [0.15, 0.2) is 4.99 Å². The highest BCUT2D eigenvalue weighted by Crippen LogP contribution is 1.96. The molecule has 0 saturated carbocycles. The second kappa shape index (κ2) is 2.59. The van der Waals surface area contributed by atoms with E-state index in [2.05, 4.69) is 4.99 Å². The number of hydrogen-bond acceptors (Lipinski definition) is 4. The van der Waals surface area contributed by atoms with Gasteiger partial charge in [-0.05, 0) is 0 Å². The number of carbonyl (C=O) groups is 1. The lowest BCUT2D eigenvalue weighted by Gasteiger charge is -2.11. The van der Waals surface area contributed by atoms with E-state index in [0.29, 0.717) is 25.2 Å². The molecule has 4 nitrogen and oxygen atoms in total. The van der Waals surface area contributed by atoms with E-state index >= 15 is 0 Å². The van der Waals surface area contributed by atoms with Crippen LogP contribution in [-0.4, -0.2) is 41.9 Å². The van der Waals surface area contributed by atoms with Gasteiger partial charge in [0, 0.05) is 6.54 Å². The molecule has 1 rings (SSSR count). The quantitative estimate of drug-likeness (QED) is 0.478. The number of nitrogens with zero attached hydrogens (tertiary/aromatic N) is 2. The van der Waals surface area contributed by atoms with Crippen molar-refractivity contribution in [3.8, 4) is 0 Å². The van der Waals surface area contributed by atoms with Gasteiger partial charge in [0.05, 0.1) is 6.54 Å². The Hall–Kier alpha value is -0.900. The minimum absolute atomic E-state index is 0.114. The molecule has 50 valence electrons. The second-order valence-corrected chi connectivity index (χ2v) is 1.76. The van der Waals surface area contributed by atoms with Gasteiger partial charge in [-0.3, -0.25) is 9.79 Å². The van der Waals surface area contributed by atoms with E-state index in [9.17, 15) is 4.79 Å². The van der Waals surface area contributed by atoms with Gasteiger partial charge in [0.15, 0.2) is 12.1 Å². The van der Waals surface area contributed by atoms with Crippen molar-refractivity contribution in [3.63, 3.8) is 0 Å². The molecule has 0 aromatic carbocycles. The molecule has 1 aliphatic heterocycles. The average Bonchev–Trinajstić information content (AvgIpc) is 2.33. The molecule has 0 aromatic rings. The van der Waals surface area contributed by atoms with Crippen molar-refractivity contribution in [2.24, 2.45) is 4.99 Å². The van der Waals surface area contributed by atoms with Crippen molar-refractivity contribution in [2.45, 2.75) is 0 Å². The number of carbonyl (C=O) groups excluding carboxylic acids is 1. The third kappa shape index (κ3) is 1.08. The standard InChI is InChI=1S/C5H8N2O2/c8-3-5-6-1-2-7(5)4-9/h3,9H,1-2,4H2. The minimum Gasteiger partial charge on any atom is -0.376 e. The van der Waals surface area contributed by atoms with Crippen LogP contribution in [0.25, 0.3) is 0 Å². The molecule has 0 amide bonds. The summed E-state index contributed by atoms with van der Waals surface area (Å²) in [5.74, 6) is 0.359. The number of aldehydes is 1. The Morgan fingerprint density at radius 3 is 3.11 bits per heavy atom. The normalized spacial score (nSPS) is 17.9. The number of aliphatic hydroxyl groups is 1. The monoisotopic (exact) mass is 128 g/mol. The molecule has 9 heavy (non-hydrogen) atoms. The van der Waals surface area contributed by atoms with Gasteiger partial charge in [0.2, 0.25) is 0 Å². The lowest BCUT2D eigenvalue weighted by Crippen LogP contribution is -2.29. The summed E-state index contributed by atoms with van der Waals surface area (Å²) in [5.41, 5.74) is 0. The number of hydrogen-bond donors (Lipinski definition) is 1. The van der Waals surface area contributed by atoms with Crippen molar-refractivity contribution in [1.29, 1.82) is 0 Å². The summed E-state index contributed by atoms with van der Waals surface area (Å²) in [6.45, 7) is 1.16. The van der Waals surface area contributed by atoms with E-state index in [1.165, 1.54) is 4.90 Å². The molecule has 0 aromatic heterocycles. The van der Waals surface area contributed by atoms with E-state index in [0.717, 1.165) is 0 Å². The molecule has 0 radical (unpaired) electrons. The summed E-state index contributed by atoms with van der Waals surface area (Å²) in [6, 6.07) is 0. The summed E-state index contributed by atoms with van der Waals surface area (Å²) in [5, 5.41) is 8.55. The van der Waals surface area contributed by atoms with Crippen LogP contribution in [-0.2, 0) is 4.79 Å². The molecular weight excluding hydrogens is 120 g/mol. The first-order valence-electron chi connectivity index (χ1n) is 2.74. The Morgan fingerprint density at radius 2 is 2.67 bits per heavy atom. The molecule has 1 N–H and O–H groups in total. The topological polar surface area (TPSA) is 52.9 Å². The van der Waals surface area contributed by atoms with Gasteiger partial charge in [-0.25, -0.2) is 0 Å². The molecular formula is C5H8N2O2. The Balaban J connectivity index is 2.56. The van der Waals surface area contributed by atoms with Crippen LogP contribution in [0.3, 0.4) is 0 Å². The van der Waals surface area contributed by atoms with Gasteiger partial charge in [0.1, 0.15) is 6.73 Å². The second-order valence-electron chi connectivity index (χ2n) is 1.76. The van der Waals surface area contributed by atoms with Crippen LogP contribution in [0.4, 0.5) is 0 Å². The SMILES string of the molecule is O=CC1=NCCN1CO. The van der Waals surface area contributed by atoms with Crippen molar-refractivity contribution in [2.75, 3.05) is 19.8 Å². The lowest BCUT2D eigenvalue weighted by molar-refractivity contribution is -0.103. The summed E-state index contributed by atoms with van der Waals surface area (Å²) >= 11 is 0. The van der Waals surface area contributed by atoms with Gasteiger partial charge < -0.3 is 10.0 Å². The van der Waals surface area contributed by atoms with Gasteiger partial charge in [-0.1, -0.05) is 0 Å². The van der Waals surface area contributed by atoms with Crippen molar-refractivity contribution >= 4 is 12.1 Å². The molecule has 0 bridgehead atoms. The largest absolute Gasteiger partial charge is 0.376 e. The van der Waals surface area contributed by atoms with E-state index in [4.69, 9.17) is 5.11 Å². The van der Waals surface area contributed by atoms with Crippen LogP contribution in [0.1, 0.15) is 0 Å². The van der Waals surface area contributed by atoms with Gasteiger partial charge >= 0.3 is 0 Å². The zero-order valence-corrected chi connectivity index (χ0v) is 4.95. The first-order valence-corrected chi connectivity index (χ1v) is 2.74. The summed E-state index contributed by atoms with van der Waals surface area (Å²) in [7, 11) is 0. The summed E-state index contributed by atoms with van der Waals surface area (Å²) in [6.07, 6.45) is 0.656. The summed E-state index contributed by atoms with van der Waals surface area (Å²) in [4.78, 5) is 15.4. The predicted molar refractivity (Wildman–Crippen MR) is 32.2 cm³/mol. The zero-order valence-electron chi connectivity index (χ0n) is 4.95. The molecule has 0 aliphatic carbocycles. The third-order valence-electron chi connectivity index (χ3n) is 1.24. The van der Waals surface area contributed by atoms with Crippen LogP contribution in [0.5, 0.6) is 0 Å². The maximum Gasteiger partial charge on any atom is 0.184 e. The van der Waals surface area contributed by atoms with E-state index in [1.54, 1.807) is 0 Å². The molecule has 0 spiro atoms. The fourth-order valence-electron chi connectivity index (χ4n) is 0.755. The first-order chi connectivity index (χ1) is 4.38. The fourth-order valence-corrected chi connectivity index (χ4v) is 0.755. The van der Waals surface area contributed by atoms with Crippen molar-refractivity contribution < 1.29 is 9.90 Å². The highest BCUT2D eigenvalue weighted by molar-refractivity contribution is 6.27. The van der Waals surface area contributed by atoms with E-state index in [-0.39, 0.29) is 6.73 Å². The highest BCUT2D eigenvalue weighted by atomic mass is 16.3. The average molecular weight is 128 g/mol. The highest BCUT2D eigenvalue weighted by Gasteiger charge is 2.13. The fraction of sp³-hybridized carbons (Fsp3) is 0.600. The maximum absolute atomic E-state index is 10.1. The van der Waals surface area contributed by atoms with E-state index in [1.807, 2.05) is 0 Å². The Labute approximate surface area is 52.8 Å². The Kier molecular flexibility index (Phi) is 1.79. The minimum atomic E-state index is -0.114. The Morgan fingerprint density at radius 1 is 1.89 bits per heavy atom.